The van der Waals surface area contributed by atoms with Crippen molar-refractivity contribution < 1.29 is 9.53 Å². The van der Waals surface area contributed by atoms with Crippen LogP contribution in [0.1, 0.15) is 21.5 Å². The van der Waals surface area contributed by atoms with Gasteiger partial charge in [0.2, 0.25) is 0 Å². The molecule has 0 atom stereocenters. The molecule has 0 bridgehead atoms. The van der Waals surface area contributed by atoms with Crippen molar-refractivity contribution in [1.82, 2.24) is 0 Å². The lowest BCUT2D eigenvalue weighted by molar-refractivity contribution is 0.0990. The topological polar surface area (TPSA) is 26.3 Å². The van der Waals surface area contributed by atoms with Crippen LogP contribution < -0.4 is 4.74 Å². The van der Waals surface area contributed by atoms with Gasteiger partial charge in [-0.1, -0.05) is 39.7 Å². The van der Waals surface area contributed by atoms with E-state index in [1.807, 2.05) is 30.3 Å². The molecule has 20 heavy (non-hydrogen) atoms. The number of benzene rings is 2. The van der Waals surface area contributed by atoms with Gasteiger partial charge in [0.15, 0.2) is 5.78 Å². The van der Waals surface area contributed by atoms with Crippen LogP contribution in [-0.2, 0) is 12.8 Å². The van der Waals surface area contributed by atoms with Gasteiger partial charge in [-0.05, 0) is 35.4 Å². The number of Topliss-reactive ketones (excluding diaryl/α,β-unsaturated/α-hetero) is 1. The summed E-state index contributed by atoms with van der Waals surface area (Å²) in [5, 5.41) is 0.591. The normalized spacial score (nSPS) is 12.9. The van der Waals surface area contributed by atoms with Crippen molar-refractivity contribution in [2.75, 3.05) is 6.61 Å². The van der Waals surface area contributed by atoms with Crippen molar-refractivity contribution in [2.45, 2.75) is 12.8 Å². The molecule has 0 saturated carbocycles. The molecule has 2 nitrogen and oxygen atoms in total. The largest absolute Gasteiger partial charge is 0.492 e. The summed E-state index contributed by atoms with van der Waals surface area (Å²) >= 11 is 9.47. The number of hydrogen-bond donors (Lipinski definition) is 0. The number of ether oxygens (including phenoxy) is 1. The summed E-state index contributed by atoms with van der Waals surface area (Å²) in [6, 6.07) is 11.3. The van der Waals surface area contributed by atoms with Crippen LogP contribution in [0.15, 0.2) is 40.9 Å². The monoisotopic (exact) mass is 350 g/mol. The van der Waals surface area contributed by atoms with Gasteiger partial charge in [0.1, 0.15) is 5.75 Å². The molecule has 0 fully saturated rings. The van der Waals surface area contributed by atoms with Gasteiger partial charge < -0.3 is 4.74 Å². The van der Waals surface area contributed by atoms with E-state index in [4.69, 9.17) is 16.3 Å². The van der Waals surface area contributed by atoms with Crippen molar-refractivity contribution in [3.05, 3.63) is 62.6 Å². The number of ketones is 1. The van der Waals surface area contributed by atoms with E-state index in [0.29, 0.717) is 29.4 Å². The molecule has 0 aliphatic carbocycles. The number of carbonyl (C=O) groups is 1. The molecule has 2 aromatic rings. The molecule has 0 spiro atoms. The van der Waals surface area contributed by atoms with Crippen molar-refractivity contribution >= 4 is 33.3 Å². The Hall–Kier alpha value is -1.32. The van der Waals surface area contributed by atoms with Crippen LogP contribution in [-0.4, -0.2) is 12.4 Å². The number of fused-ring (bicyclic) bond motifs is 1. The number of carbonyl (C=O) groups excluding carboxylic acids is 1. The highest BCUT2D eigenvalue weighted by molar-refractivity contribution is 9.10. The van der Waals surface area contributed by atoms with Gasteiger partial charge in [-0.15, -0.1) is 0 Å². The van der Waals surface area contributed by atoms with Gasteiger partial charge in [0, 0.05) is 22.3 Å². The van der Waals surface area contributed by atoms with E-state index in [1.54, 1.807) is 6.07 Å². The summed E-state index contributed by atoms with van der Waals surface area (Å²) in [5.74, 6) is 0.740. The number of rotatable bonds is 3. The third-order valence-corrected chi connectivity index (χ3v) is 4.07. The summed E-state index contributed by atoms with van der Waals surface area (Å²) in [7, 11) is 0. The molecule has 0 N–H and O–H groups in total. The van der Waals surface area contributed by atoms with E-state index in [2.05, 4.69) is 15.9 Å². The van der Waals surface area contributed by atoms with E-state index in [0.717, 1.165) is 22.0 Å². The predicted molar refractivity (Wildman–Crippen MR) is 82.8 cm³/mol. The zero-order chi connectivity index (χ0) is 14.1. The molecule has 1 heterocycles. The van der Waals surface area contributed by atoms with Crippen LogP contribution in [0.25, 0.3) is 0 Å². The Morgan fingerprint density at radius 2 is 2.00 bits per heavy atom. The second-order valence-electron chi connectivity index (χ2n) is 4.77. The first kappa shape index (κ1) is 13.7. The van der Waals surface area contributed by atoms with Gasteiger partial charge in [0.05, 0.1) is 12.2 Å². The standard InChI is InChI=1S/C16H12BrClO2/c17-12-3-1-10(2-4-12)7-15(19)14-9-13(18)8-11-5-6-20-16(11)14/h1-4,8-9H,5-7H2. The van der Waals surface area contributed by atoms with Crippen molar-refractivity contribution in [2.24, 2.45) is 0 Å². The molecule has 0 radical (unpaired) electrons. The van der Waals surface area contributed by atoms with E-state index in [-0.39, 0.29) is 5.78 Å². The summed E-state index contributed by atoms with van der Waals surface area (Å²) in [6.45, 7) is 0.619. The lowest BCUT2D eigenvalue weighted by Crippen LogP contribution is -2.05. The van der Waals surface area contributed by atoms with Crippen LogP contribution in [0.2, 0.25) is 5.02 Å². The maximum atomic E-state index is 12.5. The fraction of sp³-hybridized carbons (Fsp3) is 0.188. The Bertz CT molecular complexity index is 665. The highest BCUT2D eigenvalue weighted by Gasteiger charge is 2.21. The van der Waals surface area contributed by atoms with Gasteiger partial charge in [-0.3, -0.25) is 4.79 Å². The SMILES string of the molecule is O=C(Cc1ccc(Br)cc1)c1cc(Cl)cc2c1OCC2. The number of hydrogen-bond acceptors (Lipinski definition) is 2. The van der Waals surface area contributed by atoms with Crippen LogP contribution in [0, 0.1) is 0 Å². The van der Waals surface area contributed by atoms with Crippen molar-refractivity contribution in [1.29, 1.82) is 0 Å². The average Bonchev–Trinajstić information content (AvgIpc) is 2.88. The highest BCUT2D eigenvalue weighted by Crippen LogP contribution is 2.33. The predicted octanol–water partition coefficient (Wildman–Crippen LogP) is 4.46. The van der Waals surface area contributed by atoms with Crippen LogP contribution >= 0.6 is 27.5 Å². The van der Waals surface area contributed by atoms with E-state index in [9.17, 15) is 4.79 Å². The molecule has 3 rings (SSSR count). The quantitative estimate of drug-likeness (QED) is 0.763. The summed E-state index contributed by atoms with van der Waals surface area (Å²) in [4.78, 5) is 12.5. The van der Waals surface area contributed by atoms with Gasteiger partial charge in [0.25, 0.3) is 0 Å². The molecule has 102 valence electrons. The summed E-state index contributed by atoms with van der Waals surface area (Å²) in [5.41, 5.74) is 2.59. The van der Waals surface area contributed by atoms with Crippen molar-refractivity contribution in [3.8, 4) is 5.75 Å². The zero-order valence-corrected chi connectivity index (χ0v) is 13.0. The molecule has 1 aliphatic heterocycles. The van der Waals surface area contributed by atoms with E-state index >= 15 is 0 Å². The fourth-order valence-corrected chi connectivity index (χ4v) is 2.86. The lowest BCUT2D eigenvalue weighted by atomic mass is 10.00. The molecule has 0 saturated heterocycles. The zero-order valence-electron chi connectivity index (χ0n) is 10.7. The Morgan fingerprint density at radius 1 is 1.25 bits per heavy atom. The lowest BCUT2D eigenvalue weighted by Gasteiger charge is -2.08. The molecule has 4 heteroatoms. The van der Waals surface area contributed by atoms with Gasteiger partial charge >= 0.3 is 0 Å². The Labute approximate surface area is 130 Å². The summed E-state index contributed by atoms with van der Waals surface area (Å²) in [6.07, 6.45) is 1.16. The Kier molecular flexibility index (Phi) is 3.81. The van der Waals surface area contributed by atoms with E-state index < -0.39 is 0 Å². The number of halogens is 2. The maximum Gasteiger partial charge on any atom is 0.171 e. The Balaban J connectivity index is 1.89. The first-order valence-electron chi connectivity index (χ1n) is 6.36. The van der Waals surface area contributed by atoms with Crippen LogP contribution in [0.4, 0.5) is 0 Å². The molecule has 1 aliphatic rings. The Morgan fingerprint density at radius 3 is 2.75 bits per heavy atom. The molecular formula is C16H12BrClO2. The smallest absolute Gasteiger partial charge is 0.171 e. The molecular weight excluding hydrogens is 340 g/mol. The van der Waals surface area contributed by atoms with Gasteiger partial charge in [-0.25, -0.2) is 0 Å². The highest BCUT2D eigenvalue weighted by atomic mass is 79.9. The average molecular weight is 352 g/mol. The van der Waals surface area contributed by atoms with Gasteiger partial charge in [-0.2, -0.15) is 0 Å². The van der Waals surface area contributed by atoms with Crippen molar-refractivity contribution in [3.63, 3.8) is 0 Å². The van der Waals surface area contributed by atoms with E-state index in [1.165, 1.54) is 0 Å². The molecule has 0 aromatic heterocycles. The minimum atomic E-state index is 0.0352. The van der Waals surface area contributed by atoms with Crippen LogP contribution in [0.5, 0.6) is 5.75 Å². The second kappa shape index (κ2) is 5.58. The third kappa shape index (κ3) is 2.74. The summed E-state index contributed by atoms with van der Waals surface area (Å²) < 4.78 is 6.58. The molecule has 2 aromatic carbocycles. The van der Waals surface area contributed by atoms with Crippen LogP contribution in [0.3, 0.4) is 0 Å². The minimum absolute atomic E-state index is 0.0352. The minimum Gasteiger partial charge on any atom is -0.492 e. The fourth-order valence-electron chi connectivity index (χ4n) is 2.36. The maximum absolute atomic E-state index is 12.5. The second-order valence-corrected chi connectivity index (χ2v) is 6.12. The molecule has 0 unspecified atom stereocenters. The first-order chi connectivity index (χ1) is 9.63. The third-order valence-electron chi connectivity index (χ3n) is 3.33. The first-order valence-corrected chi connectivity index (χ1v) is 7.53. The molecule has 0 amide bonds.